The van der Waals surface area contributed by atoms with Crippen LogP contribution in [0.15, 0.2) is 58.8 Å². The Labute approximate surface area is 165 Å². The molecule has 3 N–H and O–H groups in total. The van der Waals surface area contributed by atoms with E-state index in [1.54, 1.807) is 31.6 Å². The Kier molecular flexibility index (Phi) is 4.66. The highest BCUT2D eigenvalue weighted by molar-refractivity contribution is 7.99. The number of imidazole rings is 1. The molecule has 0 unspecified atom stereocenters. The van der Waals surface area contributed by atoms with Crippen molar-refractivity contribution >= 4 is 29.3 Å². The molecule has 28 heavy (non-hydrogen) atoms. The minimum atomic E-state index is -0.120. The molecule has 8 nitrogen and oxygen atoms in total. The molecule has 0 saturated heterocycles. The highest BCUT2D eigenvalue weighted by atomic mass is 32.2. The molecule has 4 aromatic rings. The van der Waals surface area contributed by atoms with Crippen molar-refractivity contribution in [2.75, 3.05) is 12.8 Å². The number of anilines is 1. The van der Waals surface area contributed by atoms with Gasteiger partial charge in [0, 0.05) is 35.6 Å². The summed E-state index contributed by atoms with van der Waals surface area (Å²) in [6, 6.07) is 9.19. The highest BCUT2D eigenvalue weighted by Crippen LogP contribution is 2.28. The molecule has 3 heterocycles. The first-order valence-corrected chi connectivity index (χ1v) is 9.30. The van der Waals surface area contributed by atoms with Gasteiger partial charge in [0.25, 0.3) is 5.91 Å². The highest BCUT2D eigenvalue weighted by Gasteiger charge is 2.13. The van der Waals surface area contributed by atoms with E-state index in [-0.39, 0.29) is 11.9 Å². The first kappa shape index (κ1) is 17.9. The van der Waals surface area contributed by atoms with E-state index < -0.39 is 0 Å². The molecular formula is C19H17N7OS. The molecule has 0 fully saturated rings. The van der Waals surface area contributed by atoms with Gasteiger partial charge in [-0.25, -0.2) is 19.9 Å². The number of fused-ring (bicyclic) bond motifs is 1. The van der Waals surface area contributed by atoms with Crippen molar-refractivity contribution in [2.24, 2.45) is 0 Å². The summed E-state index contributed by atoms with van der Waals surface area (Å²) in [6.07, 6.45) is 5.25. The normalized spacial score (nSPS) is 10.9. The Morgan fingerprint density at radius 1 is 1.21 bits per heavy atom. The van der Waals surface area contributed by atoms with Crippen LogP contribution in [0, 0.1) is 6.92 Å². The molecule has 0 saturated carbocycles. The fourth-order valence-corrected chi connectivity index (χ4v) is 3.66. The van der Waals surface area contributed by atoms with Gasteiger partial charge in [-0.15, -0.1) is 0 Å². The first-order chi connectivity index (χ1) is 13.5. The Morgan fingerprint density at radius 2 is 2.07 bits per heavy atom. The summed E-state index contributed by atoms with van der Waals surface area (Å²) in [5, 5.41) is 3.42. The van der Waals surface area contributed by atoms with E-state index >= 15 is 0 Å². The number of carbonyl (C=O) groups excluding carboxylic acids is 1. The number of nitrogens with two attached hydrogens (primary N) is 1. The van der Waals surface area contributed by atoms with Crippen molar-refractivity contribution in [2.45, 2.75) is 16.8 Å². The third-order valence-electron chi connectivity index (χ3n) is 4.19. The molecule has 1 aromatic carbocycles. The Hall–Kier alpha value is -3.46. The number of aryl methyl sites for hydroxylation is 1. The molecule has 4 rings (SSSR count). The third-order valence-corrected chi connectivity index (χ3v) is 5.10. The van der Waals surface area contributed by atoms with E-state index in [4.69, 9.17) is 5.73 Å². The Bertz CT molecular complexity index is 1190. The van der Waals surface area contributed by atoms with E-state index in [1.165, 1.54) is 11.8 Å². The van der Waals surface area contributed by atoms with Gasteiger partial charge < -0.3 is 11.1 Å². The van der Waals surface area contributed by atoms with Crippen molar-refractivity contribution in [1.29, 1.82) is 0 Å². The zero-order valence-electron chi connectivity index (χ0n) is 15.2. The minimum Gasteiger partial charge on any atom is -0.368 e. The van der Waals surface area contributed by atoms with E-state index in [1.807, 2.05) is 35.7 Å². The van der Waals surface area contributed by atoms with E-state index in [0.29, 0.717) is 16.9 Å². The molecule has 0 aliphatic rings. The summed E-state index contributed by atoms with van der Waals surface area (Å²) in [4.78, 5) is 30.0. The van der Waals surface area contributed by atoms with Gasteiger partial charge in [0.05, 0.1) is 11.9 Å². The average Bonchev–Trinajstić information content (AvgIpc) is 3.04. The molecule has 0 aliphatic heterocycles. The van der Waals surface area contributed by atoms with Crippen LogP contribution in [0.2, 0.25) is 0 Å². The molecular weight excluding hydrogens is 374 g/mol. The third kappa shape index (κ3) is 3.39. The number of amides is 1. The second-order valence-electron chi connectivity index (χ2n) is 6.01. The summed E-state index contributed by atoms with van der Waals surface area (Å²) in [5.74, 6) is 0.0874. The number of carbonyl (C=O) groups is 1. The lowest BCUT2D eigenvalue weighted by Crippen LogP contribution is -2.17. The largest absolute Gasteiger partial charge is 0.368 e. The fraction of sp³-hybridized carbons (Fsp3) is 0.105. The van der Waals surface area contributed by atoms with Crippen LogP contribution in [0.5, 0.6) is 0 Å². The summed E-state index contributed by atoms with van der Waals surface area (Å²) in [7, 11) is 1.61. The first-order valence-electron chi connectivity index (χ1n) is 8.49. The summed E-state index contributed by atoms with van der Waals surface area (Å²) < 4.78 is 1.96. The van der Waals surface area contributed by atoms with Gasteiger partial charge >= 0.3 is 0 Å². The molecule has 0 atom stereocenters. The van der Waals surface area contributed by atoms with Crippen LogP contribution in [0.3, 0.4) is 0 Å². The van der Waals surface area contributed by atoms with Crippen molar-refractivity contribution in [3.63, 3.8) is 0 Å². The molecule has 140 valence electrons. The standard InChI is InChI=1S/C19H17N7OS/c1-11-17(14-6-7-22-19(20)24-14)25-15-9-23-16(10-26(11)15)28-13-5-3-4-12(8-13)18(27)21-2/h3-10H,1-2H3,(H,21,27)(H2,20,22,24). The van der Waals surface area contributed by atoms with Crippen molar-refractivity contribution < 1.29 is 4.79 Å². The van der Waals surface area contributed by atoms with Crippen LogP contribution in [0.4, 0.5) is 5.95 Å². The molecule has 3 aromatic heterocycles. The van der Waals surface area contributed by atoms with Crippen LogP contribution >= 0.6 is 11.8 Å². The molecule has 0 spiro atoms. The number of nitrogens with zero attached hydrogens (tertiary/aromatic N) is 5. The second kappa shape index (κ2) is 7.28. The minimum absolute atomic E-state index is 0.120. The Balaban J connectivity index is 1.69. The predicted molar refractivity (Wildman–Crippen MR) is 107 cm³/mol. The molecule has 1 amide bonds. The van der Waals surface area contributed by atoms with E-state index in [2.05, 4.69) is 25.3 Å². The van der Waals surface area contributed by atoms with Gasteiger partial charge in [0.15, 0.2) is 5.65 Å². The maximum absolute atomic E-state index is 11.8. The van der Waals surface area contributed by atoms with Gasteiger partial charge in [-0.3, -0.25) is 9.20 Å². The Morgan fingerprint density at radius 3 is 2.86 bits per heavy atom. The zero-order chi connectivity index (χ0) is 19.7. The van der Waals surface area contributed by atoms with E-state index in [0.717, 1.165) is 21.3 Å². The molecule has 0 bridgehead atoms. The SMILES string of the molecule is CNC(=O)c1cccc(Sc2cn3c(C)c(-c4ccnc(N)n4)nc3cn2)c1. The van der Waals surface area contributed by atoms with E-state index in [9.17, 15) is 4.79 Å². The number of hydrogen-bond donors (Lipinski definition) is 2. The van der Waals surface area contributed by atoms with Gasteiger partial charge in [0.1, 0.15) is 10.7 Å². The van der Waals surface area contributed by atoms with Crippen molar-refractivity contribution in [1.82, 2.24) is 29.7 Å². The number of aromatic nitrogens is 5. The lowest BCUT2D eigenvalue weighted by molar-refractivity contribution is 0.0963. The van der Waals surface area contributed by atoms with Gasteiger partial charge in [-0.05, 0) is 31.2 Å². The lowest BCUT2D eigenvalue weighted by Gasteiger charge is -2.05. The molecule has 9 heteroatoms. The van der Waals surface area contributed by atoms with Gasteiger partial charge in [0.2, 0.25) is 5.95 Å². The summed E-state index contributed by atoms with van der Waals surface area (Å²) in [5.41, 5.74) is 9.35. The number of benzene rings is 1. The number of nitrogens with one attached hydrogen (secondary N) is 1. The predicted octanol–water partition coefficient (Wildman–Crippen LogP) is 2.59. The van der Waals surface area contributed by atoms with Crippen LogP contribution in [0.1, 0.15) is 16.1 Å². The van der Waals surface area contributed by atoms with Crippen LogP contribution in [-0.2, 0) is 0 Å². The molecule has 0 radical (unpaired) electrons. The smallest absolute Gasteiger partial charge is 0.251 e. The quantitative estimate of drug-likeness (QED) is 0.550. The van der Waals surface area contributed by atoms with Gasteiger partial charge in [-0.1, -0.05) is 17.8 Å². The zero-order valence-corrected chi connectivity index (χ0v) is 16.1. The van der Waals surface area contributed by atoms with Crippen LogP contribution in [0.25, 0.3) is 17.0 Å². The number of hydrogen-bond acceptors (Lipinski definition) is 7. The summed E-state index contributed by atoms with van der Waals surface area (Å²) in [6.45, 7) is 1.97. The van der Waals surface area contributed by atoms with Gasteiger partial charge in [-0.2, -0.15) is 0 Å². The van der Waals surface area contributed by atoms with Crippen LogP contribution in [-0.4, -0.2) is 37.3 Å². The number of nitrogen functional groups attached to an aromatic ring is 1. The number of rotatable bonds is 4. The van der Waals surface area contributed by atoms with Crippen molar-refractivity contribution in [3.8, 4) is 11.4 Å². The van der Waals surface area contributed by atoms with Crippen LogP contribution < -0.4 is 11.1 Å². The average molecular weight is 391 g/mol. The fourth-order valence-electron chi connectivity index (χ4n) is 2.82. The van der Waals surface area contributed by atoms with Crippen molar-refractivity contribution in [3.05, 3.63) is 60.2 Å². The maximum atomic E-state index is 11.8. The summed E-state index contributed by atoms with van der Waals surface area (Å²) >= 11 is 1.48. The lowest BCUT2D eigenvalue weighted by atomic mass is 10.2. The topological polar surface area (TPSA) is 111 Å². The monoisotopic (exact) mass is 391 g/mol. The second-order valence-corrected chi connectivity index (χ2v) is 7.10. The molecule has 0 aliphatic carbocycles. The maximum Gasteiger partial charge on any atom is 0.251 e.